The second-order valence-corrected chi connectivity index (χ2v) is 6.44. The first-order valence-electron chi connectivity index (χ1n) is 9.57. The van der Waals surface area contributed by atoms with Gasteiger partial charge in [0.05, 0.1) is 26.4 Å². The lowest BCUT2D eigenvalue weighted by Gasteiger charge is -2.33. The van der Waals surface area contributed by atoms with Crippen molar-refractivity contribution in [3.05, 3.63) is 60.2 Å². The molecule has 2 aromatic rings. The lowest BCUT2D eigenvalue weighted by Crippen LogP contribution is -2.42. The van der Waals surface area contributed by atoms with Crippen molar-refractivity contribution >= 4 is 5.91 Å². The number of carbonyl (C=O) groups excluding carboxylic acids is 1. The van der Waals surface area contributed by atoms with Gasteiger partial charge in [-0.05, 0) is 31.0 Å². The highest BCUT2D eigenvalue weighted by Gasteiger charge is 2.24. The van der Waals surface area contributed by atoms with Crippen LogP contribution in [-0.2, 0) is 9.53 Å². The Hall–Kier alpha value is -2.53. The van der Waals surface area contributed by atoms with Crippen molar-refractivity contribution in [1.29, 1.82) is 0 Å². The number of rotatable bonds is 8. The number of amides is 1. The number of nitrogens with zero attached hydrogens (tertiary/aromatic N) is 1. The van der Waals surface area contributed by atoms with Crippen LogP contribution in [0.4, 0.5) is 0 Å². The van der Waals surface area contributed by atoms with Gasteiger partial charge < -0.3 is 19.1 Å². The third-order valence-electron chi connectivity index (χ3n) is 4.53. The molecular weight excluding hydrogens is 342 g/mol. The standard InChI is InChI=1S/C22H27NO4/c1-2-25-19-11-6-7-12-20(19)26-15-8-13-22(24)23-14-16-27-21(17-23)18-9-4-3-5-10-18/h3-7,9-12,21H,2,8,13-17H2,1H3. The Morgan fingerprint density at radius 2 is 1.78 bits per heavy atom. The molecule has 1 fully saturated rings. The zero-order valence-electron chi connectivity index (χ0n) is 15.8. The topological polar surface area (TPSA) is 48.0 Å². The third kappa shape index (κ3) is 5.47. The monoisotopic (exact) mass is 369 g/mol. The molecule has 2 aromatic carbocycles. The highest BCUT2D eigenvalue weighted by atomic mass is 16.5. The van der Waals surface area contributed by atoms with Crippen molar-refractivity contribution in [1.82, 2.24) is 4.90 Å². The minimum atomic E-state index is -0.0433. The molecule has 0 saturated carbocycles. The van der Waals surface area contributed by atoms with Crippen molar-refractivity contribution < 1.29 is 19.0 Å². The van der Waals surface area contributed by atoms with Gasteiger partial charge in [-0.3, -0.25) is 4.79 Å². The summed E-state index contributed by atoms with van der Waals surface area (Å²) in [5.74, 6) is 1.62. The Kier molecular flexibility index (Phi) is 7.11. The molecule has 1 aliphatic heterocycles. The predicted molar refractivity (Wildman–Crippen MR) is 104 cm³/mol. The molecule has 1 amide bonds. The van der Waals surface area contributed by atoms with E-state index in [-0.39, 0.29) is 12.0 Å². The van der Waals surface area contributed by atoms with Crippen molar-refractivity contribution in [2.45, 2.75) is 25.9 Å². The van der Waals surface area contributed by atoms with Crippen molar-refractivity contribution in [2.24, 2.45) is 0 Å². The van der Waals surface area contributed by atoms with Gasteiger partial charge in [-0.1, -0.05) is 42.5 Å². The van der Waals surface area contributed by atoms with Crippen LogP contribution in [-0.4, -0.2) is 43.7 Å². The highest BCUT2D eigenvalue weighted by molar-refractivity contribution is 5.76. The molecular formula is C22H27NO4. The molecule has 1 saturated heterocycles. The van der Waals surface area contributed by atoms with Crippen LogP contribution in [0.5, 0.6) is 11.5 Å². The smallest absolute Gasteiger partial charge is 0.222 e. The fourth-order valence-electron chi connectivity index (χ4n) is 3.15. The highest BCUT2D eigenvalue weighted by Crippen LogP contribution is 2.26. The second kappa shape index (κ2) is 9.97. The molecule has 5 heteroatoms. The first-order valence-corrected chi connectivity index (χ1v) is 9.57. The van der Waals surface area contributed by atoms with E-state index in [9.17, 15) is 4.79 Å². The Morgan fingerprint density at radius 3 is 2.52 bits per heavy atom. The van der Waals surface area contributed by atoms with Gasteiger partial charge in [-0.15, -0.1) is 0 Å². The molecule has 5 nitrogen and oxygen atoms in total. The van der Waals surface area contributed by atoms with E-state index < -0.39 is 0 Å². The maximum absolute atomic E-state index is 12.5. The van der Waals surface area contributed by atoms with Crippen molar-refractivity contribution in [3.63, 3.8) is 0 Å². The van der Waals surface area contributed by atoms with Crippen LogP contribution in [0.3, 0.4) is 0 Å². The minimum absolute atomic E-state index is 0.0433. The van der Waals surface area contributed by atoms with E-state index in [0.717, 1.165) is 17.1 Å². The van der Waals surface area contributed by atoms with E-state index in [1.165, 1.54) is 0 Å². The lowest BCUT2D eigenvalue weighted by molar-refractivity contribution is -0.139. The number of para-hydroxylation sites is 2. The Bertz CT molecular complexity index is 719. The van der Waals surface area contributed by atoms with Gasteiger partial charge in [0.1, 0.15) is 6.10 Å². The van der Waals surface area contributed by atoms with Crippen LogP contribution in [0.1, 0.15) is 31.4 Å². The lowest BCUT2D eigenvalue weighted by atomic mass is 10.1. The SMILES string of the molecule is CCOc1ccccc1OCCCC(=O)N1CCOC(c2ccccc2)C1. The molecule has 0 radical (unpaired) electrons. The van der Waals surface area contributed by atoms with Gasteiger partial charge >= 0.3 is 0 Å². The van der Waals surface area contributed by atoms with Crippen molar-refractivity contribution in [2.75, 3.05) is 32.9 Å². The van der Waals surface area contributed by atoms with Crippen LogP contribution >= 0.6 is 0 Å². The van der Waals surface area contributed by atoms with E-state index >= 15 is 0 Å². The average molecular weight is 369 g/mol. The summed E-state index contributed by atoms with van der Waals surface area (Å²) in [4.78, 5) is 14.4. The normalized spacial score (nSPS) is 16.8. The maximum Gasteiger partial charge on any atom is 0.222 e. The summed E-state index contributed by atoms with van der Waals surface area (Å²) in [5.41, 5.74) is 1.12. The predicted octanol–water partition coefficient (Wildman–Crippen LogP) is 3.84. The largest absolute Gasteiger partial charge is 0.490 e. The number of ether oxygens (including phenoxy) is 3. The third-order valence-corrected chi connectivity index (χ3v) is 4.53. The van der Waals surface area contributed by atoms with Gasteiger partial charge in [0, 0.05) is 13.0 Å². The van der Waals surface area contributed by atoms with E-state index in [4.69, 9.17) is 14.2 Å². The molecule has 3 rings (SSSR count). The Labute approximate surface area is 160 Å². The van der Waals surface area contributed by atoms with E-state index in [0.29, 0.717) is 45.8 Å². The molecule has 0 spiro atoms. The zero-order chi connectivity index (χ0) is 18.9. The molecule has 1 atom stereocenters. The summed E-state index contributed by atoms with van der Waals surface area (Å²) in [5, 5.41) is 0. The van der Waals surface area contributed by atoms with Crippen LogP contribution in [0, 0.1) is 0 Å². The van der Waals surface area contributed by atoms with E-state index in [1.807, 2.05) is 66.4 Å². The molecule has 0 bridgehead atoms. The summed E-state index contributed by atoms with van der Waals surface area (Å²) in [6, 6.07) is 17.7. The quantitative estimate of drug-likeness (QED) is 0.663. The Morgan fingerprint density at radius 1 is 1.07 bits per heavy atom. The average Bonchev–Trinajstić information content (AvgIpc) is 2.73. The summed E-state index contributed by atoms with van der Waals surface area (Å²) >= 11 is 0. The number of hydrogen-bond acceptors (Lipinski definition) is 4. The molecule has 1 heterocycles. The molecule has 1 unspecified atom stereocenters. The van der Waals surface area contributed by atoms with Gasteiger partial charge in [0.15, 0.2) is 11.5 Å². The van der Waals surface area contributed by atoms with Crippen molar-refractivity contribution in [3.8, 4) is 11.5 Å². The zero-order valence-corrected chi connectivity index (χ0v) is 15.8. The van der Waals surface area contributed by atoms with Gasteiger partial charge in [0.25, 0.3) is 0 Å². The van der Waals surface area contributed by atoms with Crippen LogP contribution in [0.15, 0.2) is 54.6 Å². The summed E-state index contributed by atoms with van der Waals surface area (Å²) < 4.78 is 17.2. The first-order chi connectivity index (χ1) is 13.3. The van der Waals surface area contributed by atoms with Crippen LogP contribution in [0.2, 0.25) is 0 Å². The summed E-state index contributed by atoms with van der Waals surface area (Å²) in [7, 11) is 0. The number of carbonyl (C=O) groups is 1. The minimum Gasteiger partial charge on any atom is -0.490 e. The first kappa shape index (κ1) is 19.2. The van der Waals surface area contributed by atoms with Crippen LogP contribution < -0.4 is 9.47 Å². The molecule has 0 aliphatic carbocycles. The molecule has 144 valence electrons. The van der Waals surface area contributed by atoms with Gasteiger partial charge in [-0.25, -0.2) is 0 Å². The fourth-order valence-corrected chi connectivity index (χ4v) is 3.15. The molecule has 0 aromatic heterocycles. The molecule has 0 N–H and O–H groups in total. The number of benzene rings is 2. The second-order valence-electron chi connectivity index (χ2n) is 6.44. The summed E-state index contributed by atoms with van der Waals surface area (Å²) in [6.45, 7) is 4.86. The molecule has 1 aliphatic rings. The van der Waals surface area contributed by atoms with Gasteiger partial charge in [0.2, 0.25) is 5.91 Å². The fraction of sp³-hybridized carbons (Fsp3) is 0.409. The number of hydrogen-bond donors (Lipinski definition) is 0. The Balaban J connectivity index is 1.44. The molecule has 27 heavy (non-hydrogen) atoms. The number of morpholine rings is 1. The van der Waals surface area contributed by atoms with Gasteiger partial charge in [-0.2, -0.15) is 0 Å². The maximum atomic E-state index is 12.5. The van der Waals surface area contributed by atoms with Crippen LogP contribution in [0.25, 0.3) is 0 Å². The van der Waals surface area contributed by atoms with E-state index in [2.05, 4.69) is 0 Å². The summed E-state index contributed by atoms with van der Waals surface area (Å²) in [6.07, 6.45) is 1.10. The van der Waals surface area contributed by atoms with E-state index in [1.54, 1.807) is 0 Å².